The molecule has 6 heteroatoms. The first-order valence-electron chi connectivity index (χ1n) is 6.83. The molecule has 0 saturated heterocycles. The van der Waals surface area contributed by atoms with Crippen molar-refractivity contribution in [3.8, 4) is 0 Å². The van der Waals surface area contributed by atoms with Gasteiger partial charge in [-0.15, -0.1) is 11.3 Å². The van der Waals surface area contributed by atoms with Gasteiger partial charge in [0.2, 0.25) is 0 Å². The van der Waals surface area contributed by atoms with Crippen molar-refractivity contribution in [2.45, 2.75) is 39.4 Å². The fourth-order valence-corrected chi connectivity index (χ4v) is 3.27. The van der Waals surface area contributed by atoms with Crippen molar-refractivity contribution in [1.29, 1.82) is 0 Å². The van der Waals surface area contributed by atoms with Gasteiger partial charge in [0.1, 0.15) is 5.82 Å². The maximum absolute atomic E-state index is 4.67. The summed E-state index contributed by atoms with van der Waals surface area (Å²) in [5.41, 5.74) is 1.04. The molecule has 0 bridgehead atoms. The van der Waals surface area contributed by atoms with Crippen LogP contribution in [0.4, 0.5) is 5.82 Å². The Morgan fingerprint density at radius 1 is 1.33 bits per heavy atom. The van der Waals surface area contributed by atoms with Gasteiger partial charge in [0, 0.05) is 40.1 Å². The van der Waals surface area contributed by atoms with E-state index in [1.165, 1.54) is 4.88 Å². The van der Waals surface area contributed by atoms with Crippen LogP contribution in [0.15, 0.2) is 28.3 Å². The van der Waals surface area contributed by atoms with E-state index in [2.05, 4.69) is 68.3 Å². The molecular weight excluding hydrogens is 348 g/mol. The molecule has 0 aliphatic rings. The van der Waals surface area contributed by atoms with E-state index in [-0.39, 0.29) is 5.54 Å². The summed E-state index contributed by atoms with van der Waals surface area (Å²) in [5, 5.41) is 5.53. The molecule has 0 aromatic carbocycles. The second-order valence-electron chi connectivity index (χ2n) is 6.06. The highest BCUT2D eigenvalue weighted by Crippen LogP contribution is 2.22. The van der Waals surface area contributed by atoms with Gasteiger partial charge in [-0.05, 0) is 42.8 Å². The van der Waals surface area contributed by atoms with Gasteiger partial charge in [-0.1, -0.05) is 0 Å². The Morgan fingerprint density at radius 2 is 2.10 bits per heavy atom. The Hall–Kier alpha value is -0.980. The predicted molar refractivity (Wildman–Crippen MR) is 92.8 cm³/mol. The molecule has 0 fully saturated rings. The van der Waals surface area contributed by atoms with Crippen LogP contribution in [0, 0.1) is 0 Å². The second-order valence-corrected chi connectivity index (χ2v) is 7.97. The second kappa shape index (κ2) is 6.85. The van der Waals surface area contributed by atoms with Crippen LogP contribution in [-0.2, 0) is 13.1 Å². The average molecular weight is 369 g/mol. The SMILES string of the molecule is CN(Cc1cc(Br)cs1)c1cncc(CNC(C)(C)C)n1. The zero-order chi connectivity index (χ0) is 15.5. The van der Waals surface area contributed by atoms with Crippen molar-refractivity contribution in [3.63, 3.8) is 0 Å². The van der Waals surface area contributed by atoms with E-state index in [9.17, 15) is 0 Å². The number of aromatic nitrogens is 2. The number of anilines is 1. The van der Waals surface area contributed by atoms with Crippen LogP contribution in [0.5, 0.6) is 0 Å². The lowest BCUT2D eigenvalue weighted by Gasteiger charge is -2.21. The Labute approximate surface area is 138 Å². The van der Waals surface area contributed by atoms with Gasteiger partial charge in [0.05, 0.1) is 18.4 Å². The molecule has 0 radical (unpaired) electrons. The van der Waals surface area contributed by atoms with Crippen molar-refractivity contribution in [2.24, 2.45) is 0 Å². The molecule has 0 saturated carbocycles. The van der Waals surface area contributed by atoms with Crippen LogP contribution in [0.2, 0.25) is 0 Å². The quantitative estimate of drug-likeness (QED) is 0.870. The fraction of sp³-hybridized carbons (Fsp3) is 0.467. The molecular formula is C15H21BrN4S. The lowest BCUT2D eigenvalue weighted by atomic mass is 10.1. The first-order chi connectivity index (χ1) is 9.83. The number of hydrogen-bond donors (Lipinski definition) is 1. The third-order valence-electron chi connectivity index (χ3n) is 2.88. The molecule has 0 unspecified atom stereocenters. The lowest BCUT2D eigenvalue weighted by Crippen LogP contribution is -2.35. The summed E-state index contributed by atoms with van der Waals surface area (Å²) in [4.78, 5) is 12.4. The number of hydrogen-bond acceptors (Lipinski definition) is 5. The minimum Gasteiger partial charge on any atom is -0.353 e. The largest absolute Gasteiger partial charge is 0.353 e. The van der Waals surface area contributed by atoms with Gasteiger partial charge in [-0.2, -0.15) is 0 Å². The minimum atomic E-state index is 0.0762. The molecule has 0 aliphatic heterocycles. The summed E-state index contributed by atoms with van der Waals surface area (Å²) in [6.45, 7) is 7.99. The highest BCUT2D eigenvalue weighted by atomic mass is 79.9. The van der Waals surface area contributed by atoms with Crippen molar-refractivity contribution in [1.82, 2.24) is 15.3 Å². The van der Waals surface area contributed by atoms with E-state index >= 15 is 0 Å². The van der Waals surface area contributed by atoms with E-state index in [1.54, 1.807) is 11.3 Å². The summed E-state index contributed by atoms with van der Waals surface area (Å²) in [6, 6.07) is 2.14. The number of halogens is 1. The van der Waals surface area contributed by atoms with E-state index in [0.29, 0.717) is 0 Å². The summed E-state index contributed by atoms with van der Waals surface area (Å²) in [7, 11) is 2.04. The van der Waals surface area contributed by atoms with Crippen molar-refractivity contribution in [3.05, 3.63) is 38.9 Å². The molecule has 0 amide bonds. The molecule has 1 N–H and O–H groups in total. The minimum absolute atomic E-state index is 0.0762. The molecule has 0 spiro atoms. The van der Waals surface area contributed by atoms with E-state index < -0.39 is 0 Å². The zero-order valence-corrected chi connectivity index (χ0v) is 15.3. The normalized spacial score (nSPS) is 11.7. The lowest BCUT2D eigenvalue weighted by molar-refractivity contribution is 0.421. The molecule has 0 aliphatic carbocycles. The van der Waals surface area contributed by atoms with E-state index in [0.717, 1.165) is 29.1 Å². The number of nitrogens with zero attached hydrogens (tertiary/aromatic N) is 3. The highest BCUT2D eigenvalue weighted by Gasteiger charge is 2.11. The fourth-order valence-electron chi connectivity index (χ4n) is 1.77. The highest BCUT2D eigenvalue weighted by molar-refractivity contribution is 9.10. The smallest absolute Gasteiger partial charge is 0.147 e. The standard InChI is InChI=1S/C15H21BrN4S/c1-15(2,3)18-7-12-6-17-8-14(19-12)20(4)9-13-5-11(16)10-21-13/h5-6,8,10,18H,7,9H2,1-4H3. The molecule has 0 atom stereocenters. The topological polar surface area (TPSA) is 41.1 Å². The Balaban J connectivity index is 2.02. The van der Waals surface area contributed by atoms with Gasteiger partial charge in [0.25, 0.3) is 0 Å². The molecule has 114 valence electrons. The summed E-state index contributed by atoms with van der Waals surface area (Å²) in [5.74, 6) is 0.896. The average Bonchev–Trinajstić information content (AvgIpc) is 2.81. The molecule has 2 aromatic rings. The van der Waals surface area contributed by atoms with Gasteiger partial charge < -0.3 is 10.2 Å². The number of nitrogens with one attached hydrogen (secondary N) is 1. The Morgan fingerprint density at radius 3 is 2.71 bits per heavy atom. The van der Waals surface area contributed by atoms with Crippen LogP contribution >= 0.6 is 27.3 Å². The monoisotopic (exact) mass is 368 g/mol. The van der Waals surface area contributed by atoms with Crippen molar-refractivity contribution >= 4 is 33.1 Å². The van der Waals surface area contributed by atoms with Gasteiger partial charge in [-0.25, -0.2) is 4.98 Å². The van der Waals surface area contributed by atoms with Crippen LogP contribution in [0.25, 0.3) is 0 Å². The number of thiophene rings is 1. The molecule has 21 heavy (non-hydrogen) atoms. The van der Waals surface area contributed by atoms with Crippen molar-refractivity contribution in [2.75, 3.05) is 11.9 Å². The third kappa shape index (κ3) is 5.37. The van der Waals surface area contributed by atoms with Gasteiger partial charge in [0.15, 0.2) is 0 Å². The third-order valence-corrected chi connectivity index (χ3v) is 4.56. The Bertz CT molecular complexity index is 591. The summed E-state index contributed by atoms with van der Waals surface area (Å²) >= 11 is 5.23. The molecule has 4 nitrogen and oxygen atoms in total. The summed E-state index contributed by atoms with van der Waals surface area (Å²) in [6.07, 6.45) is 3.63. The van der Waals surface area contributed by atoms with Crippen molar-refractivity contribution < 1.29 is 0 Å². The van der Waals surface area contributed by atoms with Crippen LogP contribution in [-0.4, -0.2) is 22.6 Å². The summed E-state index contributed by atoms with van der Waals surface area (Å²) < 4.78 is 1.13. The maximum atomic E-state index is 4.67. The molecule has 2 rings (SSSR count). The molecule has 2 heterocycles. The van der Waals surface area contributed by atoms with E-state index in [4.69, 9.17) is 0 Å². The zero-order valence-electron chi connectivity index (χ0n) is 12.9. The van der Waals surface area contributed by atoms with Gasteiger partial charge in [-0.3, -0.25) is 4.98 Å². The van der Waals surface area contributed by atoms with E-state index in [1.807, 2.05) is 19.4 Å². The van der Waals surface area contributed by atoms with Crippen LogP contribution in [0.3, 0.4) is 0 Å². The number of rotatable bonds is 5. The predicted octanol–water partition coefficient (Wildman–Crippen LogP) is 3.83. The van der Waals surface area contributed by atoms with Gasteiger partial charge >= 0.3 is 0 Å². The molecule has 2 aromatic heterocycles. The Kier molecular flexibility index (Phi) is 5.35. The van der Waals surface area contributed by atoms with Crippen LogP contribution < -0.4 is 10.2 Å². The maximum Gasteiger partial charge on any atom is 0.147 e. The first-order valence-corrected chi connectivity index (χ1v) is 8.51. The van der Waals surface area contributed by atoms with Crippen LogP contribution in [0.1, 0.15) is 31.3 Å². The first kappa shape index (κ1) is 16.4.